The zero-order valence-corrected chi connectivity index (χ0v) is 11.5. The molecule has 1 aliphatic carbocycles. The van der Waals surface area contributed by atoms with E-state index in [0.29, 0.717) is 12.8 Å². The van der Waals surface area contributed by atoms with Crippen LogP contribution < -0.4 is 0 Å². The van der Waals surface area contributed by atoms with Gasteiger partial charge in [0.25, 0.3) is 0 Å². The van der Waals surface area contributed by atoms with E-state index in [9.17, 15) is 10.2 Å². The van der Waals surface area contributed by atoms with E-state index < -0.39 is 5.60 Å². The van der Waals surface area contributed by atoms with E-state index in [1.807, 2.05) is 16.9 Å². The number of aliphatic hydroxyl groups is 2. The number of H-pyrrole nitrogens is 1. The van der Waals surface area contributed by atoms with E-state index in [0.717, 1.165) is 34.9 Å². The number of fused-ring (bicyclic) bond motifs is 3. The van der Waals surface area contributed by atoms with Crippen LogP contribution in [0.15, 0.2) is 18.5 Å². The highest BCUT2D eigenvalue weighted by Crippen LogP contribution is 2.36. The molecule has 1 fully saturated rings. The Morgan fingerprint density at radius 2 is 2.19 bits per heavy atom. The third-order valence-electron chi connectivity index (χ3n) is 4.54. The van der Waals surface area contributed by atoms with Crippen LogP contribution in [0.5, 0.6) is 0 Å². The van der Waals surface area contributed by atoms with Gasteiger partial charge in [-0.3, -0.25) is 0 Å². The molecule has 3 heterocycles. The lowest BCUT2D eigenvalue weighted by Gasteiger charge is -2.34. The van der Waals surface area contributed by atoms with Gasteiger partial charge < -0.3 is 15.2 Å². The summed E-state index contributed by atoms with van der Waals surface area (Å²) in [5, 5.41) is 28.9. The van der Waals surface area contributed by atoms with Crippen LogP contribution in [-0.2, 0) is 0 Å². The summed E-state index contributed by atoms with van der Waals surface area (Å²) in [6.07, 6.45) is 6.31. The molecular formula is C14H17N5O2. The number of hydrogen-bond donors (Lipinski definition) is 3. The second-order valence-electron chi connectivity index (χ2n) is 5.88. The SMILES string of the molecule is OC[C@]1(O)CC[C@H](n2nnc3cnc4[nH]ccc4c32)CC1. The van der Waals surface area contributed by atoms with Crippen molar-refractivity contribution in [2.24, 2.45) is 0 Å². The van der Waals surface area contributed by atoms with Gasteiger partial charge in [-0.05, 0) is 31.7 Å². The summed E-state index contributed by atoms with van der Waals surface area (Å²) >= 11 is 0. The lowest BCUT2D eigenvalue weighted by molar-refractivity contribution is -0.0508. The molecule has 0 spiro atoms. The van der Waals surface area contributed by atoms with Crippen molar-refractivity contribution < 1.29 is 10.2 Å². The Morgan fingerprint density at radius 1 is 1.38 bits per heavy atom. The number of pyridine rings is 1. The topological polar surface area (TPSA) is 99.8 Å². The molecule has 7 heteroatoms. The highest BCUT2D eigenvalue weighted by Gasteiger charge is 2.34. The van der Waals surface area contributed by atoms with Crippen molar-refractivity contribution in [1.29, 1.82) is 0 Å². The summed E-state index contributed by atoms with van der Waals surface area (Å²) < 4.78 is 1.95. The largest absolute Gasteiger partial charge is 0.393 e. The summed E-state index contributed by atoms with van der Waals surface area (Å²) in [5.41, 5.74) is 1.66. The molecule has 21 heavy (non-hydrogen) atoms. The minimum absolute atomic E-state index is 0.177. The summed E-state index contributed by atoms with van der Waals surface area (Å²) in [6, 6.07) is 2.18. The molecule has 1 aliphatic rings. The number of nitrogens with zero attached hydrogens (tertiary/aromatic N) is 4. The normalized spacial score (nSPS) is 26.7. The summed E-state index contributed by atoms with van der Waals surface area (Å²) in [7, 11) is 0. The van der Waals surface area contributed by atoms with Crippen LogP contribution in [0.4, 0.5) is 0 Å². The van der Waals surface area contributed by atoms with Crippen LogP contribution in [-0.4, -0.2) is 47.4 Å². The third-order valence-corrected chi connectivity index (χ3v) is 4.54. The number of rotatable bonds is 2. The molecule has 3 N–H and O–H groups in total. The maximum atomic E-state index is 10.1. The lowest BCUT2D eigenvalue weighted by atomic mass is 9.83. The van der Waals surface area contributed by atoms with Crippen molar-refractivity contribution in [1.82, 2.24) is 25.0 Å². The molecule has 0 aliphatic heterocycles. The Hall–Kier alpha value is -1.99. The van der Waals surface area contributed by atoms with Gasteiger partial charge in [-0.15, -0.1) is 5.10 Å². The van der Waals surface area contributed by atoms with Gasteiger partial charge in [0.05, 0.1) is 24.4 Å². The van der Waals surface area contributed by atoms with Crippen molar-refractivity contribution in [2.75, 3.05) is 6.61 Å². The molecule has 0 aromatic carbocycles. The molecule has 7 nitrogen and oxygen atoms in total. The Kier molecular flexibility index (Phi) is 2.73. The Balaban J connectivity index is 1.76. The Labute approximate surface area is 120 Å². The molecule has 1 saturated carbocycles. The predicted molar refractivity (Wildman–Crippen MR) is 76.7 cm³/mol. The second kappa shape index (κ2) is 4.51. The highest BCUT2D eigenvalue weighted by molar-refractivity contribution is 6.00. The van der Waals surface area contributed by atoms with E-state index in [-0.39, 0.29) is 12.6 Å². The van der Waals surface area contributed by atoms with Gasteiger partial charge in [-0.1, -0.05) is 5.21 Å². The molecule has 4 rings (SSSR count). The molecule has 3 aromatic heterocycles. The first-order valence-corrected chi connectivity index (χ1v) is 7.20. The zero-order valence-electron chi connectivity index (χ0n) is 11.5. The lowest BCUT2D eigenvalue weighted by Crippen LogP contribution is -2.38. The van der Waals surface area contributed by atoms with Crippen LogP contribution in [0.3, 0.4) is 0 Å². The van der Waals surface area contributed by atoms with Crippen LogP contribution in [0, 0.1) is 0 Å². The quantitative estimate of drug-likeness (QED) is 0.656. The molecular weight excluding hydrogens is 270 g/mol. The van der Waals surface area contributed by atoms with Crippen molar-refractivity contribution >= 4 is 22.1 Å². The molecule has 3 aromatic rings. The number of aromatic amines is 1. The predicted octanol–water partition coefficient (Wildman–Crippen LogP) is 1.15. The average Bonchev–Trinajstić information content (AvgIpc) is 3.13. The van der Waals surface area contributed by atoms with Crippen LogP contribution >= 0.6 is 0 Å². The van der Waals surface area contributed by atoms with Crippen molar-refractivity contribution in [3.63, 3.8) is 0 Å². The van der Waals surface area contributed by atoms with E-state index >= 15 is 0 Å². The number of hydrogen-bond acceptors (Lipinski definition) is 5. The van der Waals surface area contributed by atoms with E-state index in [1.165, 1.54) is 0 Å². The standard InChI is InChI=1S/C14H17N5O2/c20-8-14(21)4-1-9(2-5-14)19-12-10-3-6-15-13(10)16-7-11(12)17-18-19/h3,6-7,9,20-21H,1-2,4-5,8H2,(H,15,16)/t9-,14-. The van der Waals surface area contributed by atoms with Crippen molar-refractivity contribution in [3.8, 4) is 0 Å². The fraction of sp³-hybridized carbons (Fsp3) is 0.500. The third kappa shape index (κ3) is 1.92. The van der Waals surface area contributed by atoms with Crippen molar-refractivity contribution in [2.45, 2.75) is 37.3 Å². The molecule has 0 radical (unpaired) electrons. The number of nitrogens with one attached hydrogen (secondary N) is 1. The van der Waals surface area contributed by atoms with Crippen LogP contribution in [0.2, 0.25) is 0 Å². The second-order valence-corrected chi connectivity index (χ2v) is 5.88. The zero-order chi connectivity index (χ0) is 14.4. The fourth-order valence-electron chi connectivity index (χ4n) is 3.24. The van der Waals surface area contributed by atoms with Gasteiger partial charge in [-0.2, -0.15) is 0 Å². The summed E-state index contributed by atoms with van der Waals surface area (Å²) in [4.78, 5) is 7.42. The Morgan fingerprint density at radius 3 is 2.95 bits per heavy atom. The maximum Gasteiger partial charge on any atom is 0.139 e. The van der Waals surface area contributed by atoms with Gasteiger partial charge in [-0.25, -0.2) is 9.67 Å². The minimum Gasteiger partial charge on any atom is -0.393 e. The molecule has 0 saturated heterocycles. The Bertz CT molecular complexity index is 785. The van der Waals surface area contributed by atoms with Gasteiger partial charge >= 0.3 is 0 Å². The van der Waals surface area contributed by atoms with Crippen LogP contribution in [0.25, 0.3) is 22.1 Å². The minimum atomic E-state index is -0.933. The number of aliphatic hydroxyl groups excluding tert-OH is 1. The monoisotopic (exact) mass is 287 g/mol. The van der Waals surface area contributed by atoms with E-state index in [1.54, 1.807) is 6.20 Å². The van der Waals surface area contributed by atoms with E-state index in [2.05, 4.69) is 20.3 Å². The fourth-order valence-corrected chi connectivity index (χ4v) is 3.24. The average molecular weight is 287 g/mol. The van der Waals surface area contributed by atoms with Crippen molar-refractivity contribution in [3.05, 3.63) is 18.5 Å². The van der Waals surface area contributed by atoms with Gasteiger partial charge in [0.15, 0.2) is 0 Å². The smallest absolute Gasteiger partial charge is 0.139 e. The maximum absolute atomic E-state index is 10.1. The van der Waals surface area contributed by atoms with Crippen LogP contribution in [0.1, 0.15) is 31.7 Å². The molecule has 0 atom stereocenters. The number of aromatic nitrogens is 5. The summed E-state index contributed by atoms with van der Waals surface area (Å²) in [5.74, 6) is 0. The van der Waals surface area contributed by atoms with Gasteiger partial charge in [0.1, 0.15) is 16.7 Å². The van der Waals surface area contributed by atoms with Gasteiger partial charge in [0.2, 0.25) is 0 Å². The molecule has 110 valence electrons. The molecule has 0 unspecified atom stereocenters. The first-order chi connectivity index (χ1) is 10.2. The summed E-state index contributed by atoms with van der Waals surface area (Å²) in [6.45, 7) is -0.177. The molecule has 0 bridgehead atoms. The highest BCUT2D eigenvalue weighted by atomic mass is 16.3. The van der Waals surface area contributed by atoms with E-state index in [4.69, 9.17) is 0 Å². The molecule has 0 amide bonds. The first-order valence-electron chi connectivity index (χ1n) is 7.20. The first kappa shape index (κ1) is 12.7. The van der Waals surface area contributed by atoms with Gasteiger partial charge in [0, 0.05) is 11.6 Å².